The van der Waals surface area contributed by atoms with Crippen molar-refractivity contribution >= 4 is 5.97 Å². The lowest BCUT2D eigenvalue weighted by Gasteiger charge is -2.14. The summed E-state index contributed by atoms with van der Waals surface area (Å²) in [7, 11) is 0. The van der Waals surface area contributed by atoms with Crippen LogP contribution in [0.1, 0.15) is 30.6 Å². The van der Waals surface area contributed by atoms with E-state index < -0.39 is 0 Å². The minimum Gasteiger partial charge on any atom is -0.443 e. The van der Waals surface area contributed by atoms with Gasteiger partial charge in [0, 0.05) is 0 Å². The molecule has 0 amide bonds. The van der Waals surface area contributed by atoms with Crippen LogP contribution in [0, 0.1) is 0 Å². The molecule has 0 saturated carbocycles. The van der Waals surface area contributed by atoms with Gasteiger partial charge in [0.15, 0.2) is 6.23 Å². The zero-order valence-electron chi connectivity index (χ0n) is 9.19. The van der Waals surface area contributed by atoms with Crippen molar-refractivity contribution < 1.29 is 9.53 Å². The van der Waals surface area contributed by atoms with Crippen LogP contribution in [0.25, 0.3) is 0 Å². The number of hydrogen-bond acceptors (Lipinski definition) is 3. The van der Waals surface area contributed by atoms with Crippen LogP contribution in [0.2, 0.25) is 0 Å². The number of rotatable bonds is 5. The second-order valence-corrected chi connectivity index (χ2v) is 3.37. The fourth-order valence-electron chi connectivity index (χ4n) is 1.19. The van der Waals surface area contributed by atoms with Crippen LogP contribution < -0.4 is 5.32 Å². The molecule has 0 aliphatic carbocycles. The van der Waals surface area contributed by atoms with Crippen LogP contribution in [0.15, 0.2) is 30.3 Å². The molecule has 3 heteroatoms. The first-order chi connectivity index (χ1) is 7.24. The monoisotopic (exact) mass is 207 g/mol. The summed E-state index contributed by atoms with van der Waals surface area (Å²) in [5, 5.41) is 3.09. The summed E-state index contributed by atoms with van der Waals surface area (Å²) in [6, 6.07) is 9.00. The Bertz CT molecular complexity index is 298. The van der Waals surface area contributed by atoms with E-state index in [1.807, 2.05) is 25.1 Å². The van der Waals surface area contributed by atoms with Crippen molar-refractivity contribution in [3.63, 3.8) is 0 Å². The van der Waals surface area contributed by atoms with E-state index in [2.05, 4.69) is 12.2 Å². The topological polar surface area (TPSA) is 38.3 Å². The van der Waals surface area contributed by atoms with Gasteiger partial charge in [-0.1, -0.05) is 25.1 Å². The smallest absolute Gasteiger partial charge is 0.339 e. The van der Waals surface area contributed by atoms with Gasteiger partial charge in [-0.15, -0.1) is 0 Å². The lowest BCUT2D eigenvalue weighted by Crippen LogP contribution is -2.31. The molecule has 0 aliphatic rings. The maximum Gasteiger partial charge on any atom is 0.339 e. The standard InChI is InChI=1S/C12H17NO2/c1-3-9-13-10(2)15-12(14)11-7-5-4-6-8-11/h4-8,10,13H,3,9H2,1-2H3. The molecule has 0 fully saturated rings. The Labute approximate surface area is 90.4 Å². The van der Waals surface area contributed by atoms with E-state index in [0.29, 0.717) is 5.56 Å². The minimum absolute atomic E-state index is 0.238. The molecule has 0 bridgehead atoms. The largest absolute Gasteiger partial charge is 0.443 e. The number of benzene rings is 1. The summed E-state index contributed by atoms with van der Waals surface area (Å²) in [5.41, 5.74) is 0.586. The number of nitrogens with one attached hydrogen (secondary N) is 1. The first-order valence-corrected chi connectivity index (χ1v) is 5.23. The highest BCUT2D eigenvalue weighted by Crippen LogP contribution is 2.02. The maximum absolute atomic E-state index is 11.6. The van der Waals surface area contributed by atoms with Crippen LogP contribution in [-0.2, 0) is 4.74 Å². The zero-order chi connectivity index (χ0) is 11.1. The molecule has 0 spiro atoms. The van der Waals surface area contributed by atoms with Crippen molar-refractivity contribution in [3.8, 4) is 0 Å². The predicted molar refractivity (Wildman–Crippen MR) is 59.6 cm³/mol. The van der Waals surface area contributed by atoms with Crippen molar-refractivity contribution in [2.24, 2.45) is 0 Å². The molecule has 1 atom stereocenters. The second kappa shape index (κ2) is 6.19. The van der Waals surface area contributed by atoms with Gasteiger partial charge < -0.3 is 4.74 Å². The number of esters is 1. The molecule has 1 rings (SSSR count). The molecule has 1 aromatic rings. The van der Waals surface area contributed by atoms with Crippen LogP contribution in [0.3, 0.4) is 0 Å². The molecular formula is C12H17NO2. The molecule has 0 aromatic heterocycles. The number of hydrogen-bond donors (Lipinski definition) is 1. The Morgan fingerprint density at radius 3 is 2.67 bits per heavy atom. The van der Waals surface area contributed by atoms with Crippen molar-refractivity contribution in [2.45, 2.75) is 26.5 Å². The Morgan fingerprint density at radius 1 is 1.40 bits per heavy atom. The van der Waals surface area contributed by atoms with Gasteiger partial charge in [0.05, 0.1) is 5.56 Å². The SMILES string of the molecule is CCCNC(C)OC(=O)c1ccccc1. The summed E-state index contributed by atoms with van der Waals surface area (Å²) in [4.78, 5) is 11.6. The van der Waals surface area contributed by atoms with E-state index in [0.717, 1.165) is 13.0 Å². The minimum atomic E-state index is -0.285. The van der Waals surface area contributed by atoms with E-state index in [1.54, 1.807) is 12.1 Å². The molecule has 1 unspecified atom stereocenters. The lowest BCUT2D eigenvalue weighted by atomic mass is 10.2. The van der Waals surface area contributed by atoms with E-state index >= 15 is 0 Å². The first-order valence-electron chi connectivity index (χ1n) is 5.23. The van der Waals surface area contributed by atoms with Crippen LogP contribution >= 0.6 is 0 Å². The second-order valence-electron chi connectivity index (χ2n) is 3.37. The van der Waals surface area contributed by atoms with Crippen molar-refractivity contribution in [3.05, 3.63) is 35.9 Å². The van der Waals surface area contributed by atoms with Crippen LogP contribution in [0.4, 0.5) is 0 Å². The molecule has 15 heavy (non-hydrogen) atoms. The Hall–Kier alpha value is -1.35. The summed E-state index contributed by atoms with van der Waals surface area (Å²) in [6.45, 7) is 4.75. The van der Waals surface area contributed by atoms with Crippen LogP contribution in [0.5, 0.6) is 0 Å². The molecule has 0 saturated heterocycles. The normalized spacial score (nSPS) is 12.1. The van der Waals surface area contributed by atoms with Gasteiger partial charge in [0.25, 0.3) is 0 Å². The highest BCUT2D eigenvalue weighted by Gasteiger charge is 2.09. The van der Waals surface area contributed by atoms with E-state index in [-0.39, 0.29) is 12.2 Å². The lowest BCUT2D eigenvalue weighted by molar-refractivity contribution is 0.0267. The number of carbonyl (C=O) groups excluding carboxylic acids is 1. The average Bonchev–Trinajstić information content (AvgIpc) is 2.27. The van der Waals surface area contributed by atoms with Gasteiger partial charge >= 0.3 is 5.97 Å². The Morgan fingerprint density at radius 2 is 2.07 bits per heavy atom. The van der Waals surface area contributed by atoms with Gasteiger partial charge in [-0.25, -0.2) is 4.79 Å². The third kappa shape index (κ3) is 4.13. The molecular weight excluding hydrogens is 190 g/mol. The Kier molecular flexibility index (Phi) is 4.84. The number of ether oxygens (including phenoxy) is 1. The molecule has 1 aromatic carbocycles. The van der Waals surface area contributed by atoms with Crippen molar-refractivity contribution in [1.82, 2.24) is 5.32 Å². The third-order valence-electron chi connectivity index (χ3n) is 1.98. The average molecular weight is 207 g/mol. The predicted octanol–water partition coefficient (Wildman–Crippen LogP) is 2.19. The molecule has 1 N–H and O–H groups in total. The maximum atomic E-state index is 11.6. The first kappa shape index (κ1) is 11.7. The molecule has 82 valence electrons. The molecule has 0 radical (unpaired) electrons. The van der Waals surface area contributed by atoms with Gasteiger partial charge in [-0.05, 0) is 32.0 Å². The molecule has 0 heterocycles. The third-order valence-corrected chi connectivity index (χ3v) is 1.98. The summed E-state index contributed by atoms with van der Waals surface area (Å²) in [5.74, 6) is -0.285. The summed E-state index contributed by atoms with van der Waals surface area (Å²) >= 11 is 0. The summed E-state index contributed by atoms with van der Waals surface area (Å²) < 4.78 is 5.19. The Balaban J connectivity index is 2.42. The molecule has 0 aliphatic heterocycles. The van der Waals surface area contributed by atoms with Gasteiger partial charge in [-0.3, -0.25) is 5.32 Å². The van der Waals surface area contributed by atoms with Gasteiger partial charge in [0.1, 0.15) is 0 Å². The van der Waals surface area contributed by atoms with E-state index in [1.165, 1.54) is 0 Å². The van der Waals surface area contributed by atoms with Gasteiger partial charge in [-0.2, -0.15) is 0 Å². The van der Waals surface area contributed by atoms with Gasteiger partial charge in [0.2, 0.25) is 0 Å². The zero-order valence-corrected chi connectivity index (χ0v) is 9.19. The summed E-state index contributed by atoms with van der Waals surface area (Å²) in [6.07, 6.45) is 0.783. The fraction of sp³-hybridized carbons (Fsp3) is 0.417. The highest BCUT2D eigenvalue weighted by molar-refractivity contribution is 5.89. The van der Waals surface area contributed by atoms with Crippen molar-refractivity contribution in [1.29, 1.82) is 0 Å². The van der Waals surface area contributed by atoms with E-state index in [4.69, 9.17) is 4.74 Å². The van der Waals surface area contributed by atoms with Crippen LogP contribution in [-0.4, -0.2) is 18.7 Å². The highest BCUT2D eigenvalue weighted by atomic mass is 16.6. The van der Waals surface area contributed by atoms with E-state index in [9.17, 15) is 4.79 Å². The quantitative estimate of drug-likeness (QED) is 0.594. The number of carbonyl (C=O) groups is 1. The molecule has 3 nitrogen and oxygen atoms in total. The fourth-order valence-corrected chi connectivity index (χ4v) is 1.19. The van der Waals surface area contributed by atoms with Crippen molar-refractivity contribution in [2.75, 3.05) is 6.54 Å².